The van der Waals surface area contributed by atoms with Crippen LogP contribution in [0.3, 0.4) is 0 Å². The smallest absolute Gasteiger partial charge is 0.478 e. The van der Waals surface area contributed by atoms with Crippen molar-refractivity contribution in [1.29, 1.82) is 0 Å². The highest BCUT2D eigenvalue weighted by Crippen LogP contribution is 2.49. The van der Waals surface area contributed by atoms with E-state index in [1.807, 2.05) is 41.2 Å². The van der Waals surface area contributed by atoms with Gasteiger partial charge in [0.05, 0.1) is 22.1 Å². The zero-order valence-electron chi connectivity index (χ0n) is 11.3. The first kappa shape index (κ1) is 10.7. The van der Waals surface area contributed by atoms with Crippen LogP contribution in [0.1, 0.15) is 0 Å². The fourth-order valence-corrected chi connectivity index (χ4v) is 3.35. The molecule has 6 rings (SSSR count). The summed E-state index contributed by atoms with van der Waals surface area (Å²) in [4.78, 5) is 2.04. The molecule has 0 unspecified atom stereocenters. The summed E-state index contributed by atoms with van der Waals surface area (Å²) < 4.78 is 22.8. The van der Waals surface area contributed by atoms with Crippen molar-refractivity contribution in [2.75, 3.05) is 4.81 Å². The quantitative estimate of drug-likeness (QED) is 0.456. The Labute approximate surface area is 124 Å². The fraction of sp³-hybridized carbons (Fsp3) is 0. The second-order valence-corrected chi connectivity index (χ2v) is 5.44. The van der Waals surface area contributed by atoms with Gasteiger partial charge in [-0.2, -0.15) is 0 Å². The van der Waals surface area contributed by atoms with E-state index in [9.17, 15) is 0 Å². The van der Waals surface area contributed by atoms with Crippen LogP contribution < -0.4 is 14.1 Å². The molecule has 0 fully saturated rings. The third-order valence-electron chi connectivity index (χ3n) is 4.29. The van der Waals surface area contributed by atoms with Crippen molar-refractivity contribution >= 4 is 40.2 Å². The van der Waals surface area contributed by atoms with Crippen LogP contribution in [0.15, 0.2) is 57.8 Å². The molecule has 0 spiro atoms. The van der Waals surface area contributed by atoms with Crippen LogP contribution in [0.4, 0.5) is 11.4 Å². The molecule has 2 aliphatic rings. The highest BCUT2D eigenvalue weighted by molar-refractivity contribution is 6.57. The molecule has 4 aromatic rings. The number of hydrogen-bond acceptors (Lipinski definition) is 5. The lowest BCUT2D eigenvalue weighted by molar-refractivity contribution is 0.307. The second kappa shape index (κ2) is 3.41. The van der Waals surface area contributed by atoms with E-state index in [0.717, 1.165) is 32.9 Å². The van der Waals surface area contributed by atoms with E-state index in [-0.39, 0.29) is 0 Å². The number of furan rings is 2. The molecule has 0 bridgehead atoms. The number of anilines is 2. The fourth-order valence-electron chi connectivity index (χ4n) is 3.35. The Bertz CT molecular complexity index is 983. The molecule has 0 saturated carbocycles. The molecule has 104 valence electrons. The van der Waals surface area contributed by atoms with E-state index >= 15 is 0 Å². The topological polar surface area (TPSA) is 48.0 Å². The summed E-state index contributed by atoms with van der Waals surface area (Å²) in [5.74, 6) is 0.961. The molecule has 0 radical (unpaired) electrons. The van der Waals surface area contributed by atoms with Gasteiger partial charge in [0.2, 0.25) is 0 Å². The highest BCUT2D eigenvalue weighted by Gasteiger charge is 2.46. The van der Waals surface area contributed by atoms with Gasteiger partial charge >= 0.3 is 7.25 Å². The molecule has 6 heteroatoms. The van der Waals surface area contributed by atoms with Crippen molar-refractivity contribution < 1.29 is 18.1 Å². The summed E-state index contributed by atoms with van der Waals surface area (Å²) in [5, 5.41) is 3.95. The van der Waals surface area contributed by atoms with Gasteiger partial charge < -0.3 is 23.0 Å². The lowest BCUT2D eigenvalue weighted by Crippen LogP contribution is -2.49. The summed E-state index contributed by atoms with van der Waals surface area (Å²) in [6, 6.07) is 12.1. The molecular formula is C16H8BNO4. The van der Waals surface area contributed by atoms with Crippen LogP contribution in [0.5, 0.6) is 11.9 Å². The summed E-state index contributed by atoms with van der Waals surface area (Å²) in [7, 11) is -0.631. The van der Waals surface area contributed by atoms with Gasteiger partial charge in [0.25, 0.3) is 11.9 Å². The third-order valence-corrected chi connectivity index (χ3v) is 4.29. The van der Waals surface area contributed by atoms with Gasteiger partial charge in [-0.3, -0.25) is 0 Å². The largest absolute Gasteiger partial charge is 0.747 e. The molecular weight excluding hydrogens is 281 g/mol. The average molecular weight is 289 g/mol. The molecule has 0 aliphatic carbocycles. The Morgan fingerprint density at radius 3 is 1.82 bits per heavy atom. The average Bonchev–Trinajstić information content (AvgIpc) is 3.15. The van der Waals surface area contributed by atoms with Crippen LogP contribution in [0.25, 0.3) is 21.5 Å². The molecule has 2 aromatic carbocycles. The van der Waals surface area contributed by atoms with E-state index in [1.165, 1.54) is 0 Å². The summed E-state index contributed by atoms with van der Waals surface area (Å²) in [6.45, 7) is 0. The molecule has 0 atom stereocenters. The molecule has 2 aromatic heterocycles. The van der Waals surface area contributed by atoms with E-state index in [1.54, 1.807) is 12.5 Å². The minimum Gasteiger partial charge on any atom is -0.478 e. The number of nitrogens with zero attached hydrogens (tertiary/aromatic N) is 1. The molecule has 2 aliphatic heterocycles. The van der Waals surface area contributed by atoms with Gasteiger partial charge in [-0.25, -0.2) is 0 Å². The summed E-state index contributed by atoms with van der Waals surface area (Å²) in [5.41, 5.74) is 2.02. The SMILES string of the molecule is c1cc2c3c(occ3c1)OB1Oc3occ4cccc(c34)N12. The Kier molecular flexibility index (Phi) is 1.66. The maximum atomic E-state index is 5.88. The zero-order valence-corrected chi connectivity index (χ0v) is 11.3. The lowest BCUT2D eigenvalue weighted by Gasteiger charge is -2.34. The predicted molar refractivity (Wildman–Crippen MR) is 81.6 cm³/mol. The standard InChI is InChI=1S/C16H8BNO4/c1-3-9-7-19-15-13(9)11(5-1)18-12-6-2-4-10-8-20-16(14(10)12)22-17(18)21-15/h1-8H. The van der Waals surface area contributed by atoms with E-state index in [4.69, 9.17) is 18.1 Å². The van der Waals surface area contributed by atoms with Gasteiger partial charge in [0.1, 0.15) is 12.5 Å². The first-order chi connectivity index (χ1) is 10.9. The number of hydrogen-bond donors (Lipinski definition) is 0. The minimum atomic E-state index is -0.631. The van der Waals surface area contributed by atoms with Crippen LogP contribution in [-0.2, 0) is 0 Å². The Hall–Kier alpha value is -3.02. The maximum Gasteiger partial charge on any atom is 0.747 e. The number of rotatable bonds is 0. The van der Waals surface area contributed by atoms with Gasteiger partial charge in [-0.1, -0.05) is 24.3 Å². The predicted octanol–water partition coefficient (Wildman–Crippen LogP) is 4.09. The Balaban J connectivity index is 1.74. The van der Waals surface area contributed by atoms with Crippen molar-refractivity contribution in [2.45, 2.75) is 0 Å². The van der Waals surface area contributed by atoms with Crippen molar-refractivity contribution in [2.24, 2.45) is 0 Å². The normalized spacial score (nSPS) is 14.9. The Morgan fingerprint density at radius 1 is 0.727 bits per heavy atom. The second-order valence-electron chi connectivity index (χ2n) is 5.44. The van der Waals surface area contributed by atoms with Crippen molar-refractivity contribution in [1.82, 2.24) is 0 Å². The van der Waals surface area contributed by atoms with E-state index < -0.39 is 7.25 Å². The van der Waals surface area contributed by atoms with E-state index in [2.05, 4.69) is 0 Å². The van der Waals surface area contributed by atoms with Crippen LogP contribution in [0.2, 0.25) is 0 Å². The van der Waals surface area contributed by atoms with Crippen LogP contribution >= 0.6 is 0 Å². The van der Waals surface area contributed by atoms with Gasteiger partial charge in [-0.15, -0.1) is 0 Å². The molecule has 4 heterocycles. The van der Waals surface area contributed by atoms with E-state index in [0.29, 0.717) is 11.9 Å². The molecule has 5 nitrogen and oxygen atoms in total. The van der Waals surface area contributed by atoms with Crippen LogP contribution in [-0.4, -0.2) is 7.25 Å². The summed E-state index contributed by atoms with van der Waals surface area (Å²) >= 11 is 0. The monoisotopic (exact) mass is 289 g/mol. The molecule has 0 saturated heterocycles. The number of benzene rings is 2. The van der Waals surface area contributed by atoms with Crippen molar-refractivity contribution in [3.05, 3.63) is 48.9 Å². The van der Waals surface area contributed by atoms with Gasteiger partial charge in [0, 0.05) is 10.8 Å². The maximum absolute atomic E-state index is 5.88. The van der Waals surface area contributed by atoms with Crippen molar-refractivity contribution in [3.8, 4) is 11.9 Å². The van der Waals surface area contributed by atoms with Crippen LogP contribution in [0, 0.1) is 0 Å². The molecule has 0 N–H and O–H groups in total. The van der Waals surface area contributed by atoms with Crippen molar-refractivity contribution in [3.63, 3.8) is 0 Å². The zero-order chi connectivity index (χ0) is 14.3. The van der Waals surface area contributed by atoms with Gasteiger partial charge in [-0.05, 0) is 12.1 Å². The summed E-state index contributed by atoms with van der Waals surface area (Å²) in [6.07, 6.45) is 3.40. The minimum absolute atomic E-state index is 0.481. The highest BCUT2D eigenvalue weighted by atomic mass is 16.7. The lowest BCUT2D eigenvalue weighted by atomic mass is 9.92. The first-order valence-corrected chi connectivity index (χ1v) is 7.03. The first-order valence-electron chi connectivity index (χ1n) is 7.03. The molecule has 0 amide bonds. The number of fused-ring (bicyclic) bond motifs is 3. The third kappa shape index (κ3) is 1.09. The van der Waals surface area contributed by atoms with Gasteiger partial charge in [0.15, 0.2) is 0 Å². The molecule has 22 heavy (non-hydrogen) atoms. The Morgan fingerprint density at radius 2 is 1.27 bits per heavy atom.